The van der Waals surface area contributed by atoms with Gasteiger partial charge in [-0.2, -0.15) is 0 Å². The maximum Gasteiger partial charge on any atom is 0.259 e. The number of aromatic nitrogens is 1. The predicted octanol–water partition coefficient (Wildman–Crippen LogP) is 2.64. The molecule has 2 heterocycles. The molecule has 0 radical (unpaired) electrons. The summed E-state index contributed by atoms with van der Waals surface area (Å²) in [6.07, 6.45) is 3.70. The van der Waals surface area contributed by atoms with E-state index in [0.717, 1.165) is 25.9 Å². The van der Waals surface area contributed by atoms with Crippen LogP contribution in [0.5, 0.6) is 5.75 Å². The van der Waals surface area contributed by atoms with Gasteiger partial charge >= 0.3 is 0 Å². The van der Waals surface area contributed by atoms with Crippen LogP contribution in [0.2, 0.25) is 0 Å². The van der Waals surface area contributed by atoms with Crippen LogP contribution in [0, 0.1) is 0 Å². The van der Waals surface area contributed by atoms with Gasteiger partial charge in [-0.1, -0.05) is 0 Å². The molecular weight excluding hydrogens is 344 g/mol. The maximum atomic E-state index is 12.8. The lowest BCUT2D eigenvalue weighted by Gasteiger charge is -2.18. The van der Waals surface area contributed by atoms with Gasteiger partial charge in [-0.15, -0.1) is 0 Å². The molecule has 2 aromatic rings. The van der Waals surface area contributed by atoms with Crippen molar-refractivity contribution < 1.29 is 14.3 Å². The Hall–Kier alpha value is -3.09. The number of benzene rings is 1. The topological polar surface area (TPSA) is 74.8 Å². The fourth-order valence-electron chi connectivity index (χ4n) is 3.16. The predicted molar refractivity (Wildman–Crippen MR) is 105 cm³/mol. The summed E-state index contributed by atoms with van der Waals surface area (Å²) in [5, 5.41) is 2.86. The molecule has 1 fully saturated rings. The monoisotopic (exact) mass is 368 g/mol. The molecule has 0 spiro atoms. The highest BCUT2D eigenvalue weighted by molar-refractivity contribution is 6.08. The van der Waals surface area contributed by atoms with Crippen molar-refractivity contribution in [1.29, 1.82) is 0 Å². The van der Waals surface area contributed by atoms with Crippen LogP contribution in [-0.4, -0.2) is 56.0 Å². The third kappa shape index (κ3) is 4.02. The van der Waals surface area contributed by atoms with Gasteiger partial charge in [0.1, 0.15) is 11.6 Å². The molecule has 2 amide bonds. The highest BCUT2D eigenvalue weighted by Gasteiger charge is 2.21. The van der Waals surface area contributed by atoms with Gasteiger partial charge in [-0.25, -0.2) is 4.98 Å². The Bertz CT molecular complexity index is 845. The lowest BCUT2D eigenvalue weighted by molar-refractivity contribution is 0.0792. The van der Waals surface area contributed by atoms with Gasteiger partial charge in [0.25, 0.3) is 11.8 Å². The first kappa shape index (κ1) is 18.7. The largest absolute Gasteiger partial charge is 0.495 e. The van der Waals surface area contributed by atoms with E-state index in [1.165, 1.54) is 7.11 Å². The summed E-state index contributed by atoms with van der Waals surface area (Å²) in [6.45, 7) is 1.54. The number of hydrogen-bond acceptors (Lipinski definition) is 5. The van der Waals surface area contributed by atoms with Gasteiger partial charge in [0, 0.05) is 38.9 Å². The Morgan fingerprint density at radius 1 is 1.19 bits per heavy atom. The number of methoxy groups -OCH3 is 1. The van der Waals surface area contributed by atoms with Crippen molar-refractivity contribution in [2.75, 3.05) is 44.5 Å². The van der Waals surface area contributed by atoms with E-state index in [-0.39, 0.29) is 11.8 Å². The van der Waals surface area contributed by atoms with E-state index in [2.05, 4.69) is 10.3 Å². The molecule has 0 bridgehead atoms. The fraction of sp³-hybridized carbons (Fsp3) is 0.350. The molecule has 1 saturated heterocycles. The van der Waals surface area contributed by atoms with Gasteiger partial charge in [0.2, 0.25) is 0 Å². The standard InChI is InChI=1S/C20H24N4O3/c1-23(2)18-15(7-6-10-21-18)19(25)22-16-13-14(8-9-17(16)27-3)20(26)24-11-4-5-12-24/h6-10,13H,4-5,11-12H2,1-3H3,(H,22,25). The van der Waals surface area contributed by atoms with Crippen molar-refractivity contribution in [2.45, 2.75) is 12.8 Å². The number of ether oxygens (including phenoxy) is 1. The molecule has 1 aliphatic heterocycles. The van der Waals surface area contributed by atoms with E-state index in [1.54, 1.807) is 41.4 Å². The molecule has 7 nitrogen and oxygen atoms in total. The van der Waals surface area contributed by atoms with E-state index in [9.17, 15) is 9.59 Å². The molecule has 1 aromatic heterocycles. The Kier molecular flexibility index (Phi) is 5.59. The van der Waals surface area contributed by atoms with E-state index in [0.29, 0.717) is 28.4 Å². The lowest BCUT2D eigenvalue weighted by Crippen LogP contribution is -2.27. The molecule has 1 aromatic carbocycles. The molecule has 0 atom stereocenters. The first-order chi connectivity index (χ1) is 13.0. The van der Waals surface area contributed by atoms with Crippen molar-refractivity contribution in [3.8, 4) is 5.75 Å². The van der Waals surface area contributed by atoms with Crippen LogP contribution in [0.3, 0.4) is 0 Å². The molecule has 0 saturated carbocycles. The lowest BCUT2D eigenvalue weighted by atomic mass is 10.1. The number of rotatable bonds is 5. The summed E-state index contributed by atoms with van der Waals surface area (Å²) in [6, 6.07) is 8.53. The average molecular weight is 368 g/mol. The molecule has 0 unspecified atom stereocenters. The fourth-order valence-corrected chi connectivity index (χ4v) is 3.16. The SMILES string of the molecule is COc1ccc(C(=O)N2CCCC2)cc1NC(=O)c1cccnc1N(C)C. The maximum absolute atomic E-state index is 12.8. The highest BCUT2D eigenvalue weighted by atomic mass is 16.5. The molecule has 0 aliphatic carbocycles. The first-order valence-electron chi connectivity index (χ1n) is 8.92. The number of nitrogens with one attached hydrogen (secondary N) is 1. The molecule has 142 valence electrons. The quantitative estimate of drug-likeness (QED) is 0.878. The van der Waals surface area contributed by atoms with Gasteiger partial charge < -0.3 is 19.9 Å². The van der Waals surface area contributed by atoms with Crippen LogP contribution in [0.15, 0.2) is 36.5 Å². The number of likely N-dealkylation sites (tertiary alicyclic amines) is 1. The number of anilines is 2. The number of pyridine rings is 1. The van der Waals surface area contributed by atoms with E-state index >= 15 is 0 Å². The van der Waals surface area contributed by atoms with E-state index in [1.807, 2.05) is 19.0 Å². The van der Waals surface area contributed by atoms with Crippen LogP contribution < -0.4 is 15.0 Å². The zero-order chi connectivity index (χ0) is 19.4. The summed E-state index contributed by atoms with van der Waals surface area (Å²) in [5.41, 5.74) is 1.44. The van der Waals surface area contributed by atoms with E-state index < -0.39 is 0 Å². The molecule has 1 N–H and O–H groups in total. The highest BCUT2D eigenvalue weighted by Crippen LogP contribution is 2.28. The second-order valence-corrected chi connectivity index (χ2v) is 6.64. The Balaban J connectivity index is 1.88. The van der Waals surface area contributed by atoms with Crippen molar-refractivity contribution in [3.63, 3.8) is 0 Å². The molecule has 1 aliphatic rings. The second kappa shape index (κ2) is 8.07. The van der Waals surface area contributed by atoms with Crippen LogP contribution in [0.25, 0.3) is 0 Å². The summed E-state index contributed by atoms with van der Waals surface area (Å²) in [4.78, 5) is 33.3. The Morgan fingerprint density at radius 3 is 2.59 bits per heavy atom. The molecular formula is C20H24N4O3. The summed E-state index contributed by atoms with van der Waals surface area (Å²) in [7, 11) is 5.19. The van der Waals surface area contributed by atoms with E-state index in [4.69, 9.17) is 4.74 Å². The number of amides is 2. The van der Waals surface area contributed by atoms with Crippen LogP contribution in [-0.2, 0) is 0 Å². The zero-order valence-electron chi connectivity index (χ0n) is 15.9. The van der Waals surface area contributed by atoms with Crippen molar-refractivity contribution >= 4 is 23.3 Å². The van der Waals surface area contributed by atoms with Crippen molar-refractivity contribution in [2.24, 2.45) is 0 Å². The first-order valence-corrected chi connectivity index (χ1v) is 8.92. The zero-order valence-corrected chi connectivity index (χ0v) is 15.9. The average Bonchev–Trinajstić information content (AvgIpc) is 3.22. The molecule has 27 heavy (non-hydrogen) atoms. The summed E-state index contributed by atoms with van der Waals surface area (Å²) < 4.78 is 5.35. The van der Waals surface area contributed by atoms with Gasteiger partial charge in [-0.3, -0.25) is 9.59 Å². The van der Waals surface area contributed by atoms with Gasteiger partial charge in [0.05, 0.1) is 18.4 Å². The summed E-state index contributed by atoms with van der Waals surface area (Å²) in [5.74, 6) is 0.728. The minimum absolute atomic E-state index is 0.0268. The van der Waals surface area contributed by atoms with Crippen LogP contribution in [0.1, 0.15) is 33.6 Å². The minimum atomic E-state index is -0.309. The number of carbonyl (C=O) groups excluding carboxylic acids is 2. The smallest absolute Gasteiger partial charge is 0.259 e. The Labute approximate surface area is 158 Å². The summed E-state index contributed by atoms with van der Waals surface area (Å²) >= 11 is 0. The number of carbonyl (C=O) groups is 2. The normalized spacial score (nSPS) is 13.4. The number of nitrogens with zero attached hydrogens (tertiary/aromatic N) is 3. The van der Waals surface area contributed by atoms with Crippen LogP contribution >= 0.6 is 0 Å². The van der Waals surface area contributed by atoms with Crippen LogP contribution in [0.4, 0.5) is 11.5 Å². The number of hydrogen-bond donors (Lipinski definition) is 1. The minimum Gasteiger partial charge on any atom is -0.495 e. The van der Waals surface area contributed by atoms with Gasteiger partial charge in [-0.05, 0) is 43.2 Å². The van der Waals surface area contributed by atoms with Crippen molar-refractivity contribution in [3.05, 3.63) is 47.7 Å². The molecule has 3 rings (SSSR count). The van der Waals surface area contributed by atoms with Gasteiger partial charge in [0.15, 0.2) is 0 Å². The third-order valence-electron chi connectivity index (χ3n) is 4.54. The van der Waals surface area contributed by atoms with Crippen molar-refractivity contribution in [1.82, 2.24) is 9.88 Å². The second-order valence-electron chi connectivity index (χ2n) is 6.64. The third-order valence-corrected chi connectivity index (χ3v) is 4.54. The molecule has 7 heteroatoms. The Morgan fingerprint density at radius 2 is 1.93 bits per heavy atom.